The van der Waals surface area contributed by atoms with Crippen molar-refractivity contribution >= 4 is 23.1 Å². The summed E-state index contributed by atoms with van der Waals surface area (Å²) < 4.78 is 40.2. The minimum Gasteiger partial charge on any atom is -0.406 e. The first-order chi connectivity index (χ1) is 10.3. The van der Waals surface area contributed by atoms with Crippen LogP contribution in [0.15, 0.2) is 41.8 Å². The number of rotatable bonds is 4. The number of urea groups is 1. The molecule has 4 nitrogen and oxygen atoms in total. The quantitative estimate of drug-likeness (QED) is 0.865. The number of benzene rings is 1. The van der Waals surface area contributed by atoms with Gasteiger partial charge in [-0.1, -0.05) is 12.1 Å². The number of halogens is 3. The average molecular weight is 330 g/mol. The molecule has 1 atom stereocenters. The Labute approximate surface area is 128 Å². The summed E-state index contributed by atoms with van der Waals surface area (Å²) in [6, 6.07) is 8.13. The van der Waals surface area contributed by atoms with Crippen LogP contribution in [-0.4, -0.2) is 12.4 Å². The van der Waals surface area contributed by atoms with Gasteiger partial charge in [0, 0.05) is 16.6 Å². The molecule has 1 heterocycles. The summed E-state index contributed by atoms with van der Waals surface area (Å²) in [5.41, 5.74) is 0.206. The van der Waals surface area contributed by atoms with Crippen LogP contribution in [0.5, 0.6) is 5.75 Å². The van der Waals surface area contributed by atoms with E-state index in [-0.39, 0.29) is 11.7 Å². The molecule has 2 aromatic rings. The Morgan fingerprint density at radius 1 is 1.27 bits per heavy atom. The van der Waals surface area contributed by atoms with E-state index in [9.17, 15) is 18.0 Å². The lowest BCUT2D eigenvalue weighted by Crippen LogP contribution is -2.30. The van der Waals surface area contributed by atoms with Gasteiger partial charge in [-0.15, -0.1) is 24.5 Å². The number of ether oxygens (including phenoxy) is 1. The fraction of sp³-hybridized carbons (Fsp3) is 0.214. The number of nitrogens with one attached hydrogen (secondary N) is 2. The third kappa shape index (κ3) is 4.96. The number of thiophene rings is 1. The van der Waals surface area contributed by atoms with Crippen LogP contribution in [-0.2, 0) is 0 Å². The first-order valence-electron chi connectivity index (χ1n) is 6.30. The van der Waals surface area contributed by atoms with Gasteiger partial charge in [0.2, 0.25) is 0 Å². The van der Waals surface area contributed by atoms with Crippen LogP contribution in [0, 0.1) is 0 Å². The summed E-state index contributed by atoms with van der Waals surface area (Å²) in [4.78, 5) is 12.8. The van der Waals surface area contributed by atoms with Crippen LogP contribution in [0.3, 0.4) is 0 Å². The lowest BCUT2D eigenvalue weighted by atomic mass is 10.3. The topological polar surface area (TPSA) is 50.4 Å². The molecule has 1 aromatic heterocycles. The highest BCUT2D eigenvalue weighted by Crippen LogP contribution is 2.25. The molecule has 0 saturated heterocycles. The second kappa shape index (κ2) is 6.69. The van der Waals surface area contributed by atoms with Gasteiger partial charge in [-0.2, -0.15) is 0 Å². The van der Waals surface area contributed by atoms with Crippen LogP contribution >= 0.6 is 11.3 Å². The van der Waals surface area contributed by atoms with Gasteiger partial charge in [-0.3, -0.25) is 0 Å². The summed E-state index contributed by atoms with van der Waals surface area (Å²) in [7, 11) is 0. The van der Waals surface area contributed by atoms with E-state index >= 15 is 0 Å². The van der Waals surface area contributed by atoms with E-state index in [4.69, 9.17) is 0 Å². The number of hydrogen-bond donors (Lipinski definition) is 2. The molecular formula is C14H13F3N2O2S. The highest BCUT2D eigenvalue weighted by molar-refractivity contribution is 7.10. The Bertz CT molecular complexity index is 629. The number of anilines is 1. The SMILES string of the molecule is CC(NC(=O)Nc1cccc(OC(F)(F)F)c1)c1cccs1. The fourth-order valence-corrected chi connectivity index (χ4v) is 2.48. The van der Waals surface area contributed by atoms with Crippen molar-refractivity contribution < 1.29 is 22.7 Å². The number of hydrogen-bond acceptors (Lipinski definition) is 3. The number of carbonyl (C=O) groups is 1. The maximum Gasteiger partial charge on any atom is 0.573 e. The van der Waals surface area contributed by atoms with Crippen LogP contribution in [0.25, 0.3) is 0 Å². The van der Waals surface area contributed by atoms with Gasteiger partial charge >= 0.3 is 12.4 Å². The molecule has 2 N–H and O–H groups in total. The molecule has 1 unspecified atom stereocenters. The molecule has 0 aliphatic heterocycles. The molecule has 0 aliphatic carbocycles. The van der Waals surface area contributed by atoms with Gasteiger partial charge in [0.1, 0.15) is 5.75 Å². The Balaban J connectivity index is 1.95. The van der Waals surface area contributed by atoms with Gasteiger partial charge in [0.05, 0.1) is 6.04 Å². The average Bonchev–Trinajstić information content (AvgIpc) is 2.90. The Hall–Kier alpha value is -2.22. The van der Waals surface area contributed by atoms with E-state index in [1.165, 1.54) is 23.5 Å². The Morgan fingerprint density at radius 3 is 2.68 bits per heavy atom. The van der Waals surface area contributed by atoms with Gasteiger partial charge in [-0.05, 0) is 30.5 Å². The summed E-state index contributed by atoms with van der Waals surface area (Å²) >= 11 is 1.50. The van der Waals surface area contributed by atoms with Gasteiger partial charge in [0.25, 0.3) is 0 Å². The van der Waals surface area contributed by atoms with Crippen molar-refractivity contribution in [3.05, 3.63) is 46.7 Å². The standard InChI is InChI=1S/C14H13F3N2O2S/c1-9(12-6-3-7-22-12)18-13(20)19-10-4-2-5-11(8-10)21-14(15,16)17/h2-9H,1H3,(H2,18,19,20). The maximum absolute atomic E-state index is 12.1. The molecule has 0 bridgehead atoms. The minimum atomic E-state index is -4.77. The zero-order valence-corrected chi connectivity index (χ0v) is 12.3. The molecule has 2 amide bonds. The van der Waals surface area contributed by atoms with Crippen LogP contribution < -0.4 is 15.4 Å². The Morgan fingerprint density at radius 2 is 2.05 bits per heavy atom. The zero-order chi connectivity index (χ0) is 16.2. The first kappa shape index (κ1) is 16.2. The molecular weight excluding hydrogens is 317 g/mol. The van der Waals surface area contributed by atoms with Crippen LogP contribution in [0.4, 0.5) is 23.7 Å². The van der Waals surface area contributed by atoms with Crippen LogP contribution in [0.2, 0.25) is 0 Å². The molecule has 0 aliphatic rings. The molecule has 0 saturated carbocycles. The van der Waals surface area contributed by atoms with Gasteiger partial charge < -0.3 is 15.4 Å². The number of carbonyl (C=O) groups excluding carboxylic acids is 1. The fourth-order valence-electron chi connectivity index (χ4n) is 1.74. The summed E-state index contributed by atoms with van der Waals surface area (Å²) in [5.74, 6) is -0.392. The Kier molecular flexibility index (Phi) is 4.92. The molecule has 0 fully saturated rings. The van der Waals surface area contributed by atoms with E-state index in [2.05, 4.69) is 15.4 Å². The molecule has 22 heavy (non-hydrogen) atoms. The predicted molar refractivity (Wildman–Crippen MR) is 78.0 cm³/mol. The largest absolute Gasteiger partial charge is 0.573 e. The summed E-state index contributed by atoms with van der Waals surface area (Å²) in [6.07, 6.45) is -4.77. The molecule has 118 valence electrons. The normalized spacial score (nSPS) is 12.5. The van der Waals surface area contributed by atoms with E-state index in [1.54, 1.807) is 0 Å². The number of amides is 2. The van der Waals surface area contributed by atoms with Crippen molar-refractivity contribution in [3.63, 3.8) is 0 Å². The van der Waals surface area contributed by atoms with Crippen molar-refractivity contribution in [1.82, 2.24) is 5.32 Å². The highest BCUT2D eigenvalue weighted by Gasteiger charge is 2.31. The molecule has 1 aromatic carbocycles. The van der Waals surface area contributed by atoms with E-state index in [0.717, 1.165) is 17.0 Å². The monoisotopic (exact) mass is 330 g/mol. The maximum atomic E-state index is 12.1. The molecule has 8 heteroatoms. The van der Waals surface area contributed by atoms with Crippen molar-refractivity contribution in [2.24, 2.45) is 0 Å². The van der Waals surface area contributed by atoms with Crippen molar-refractivity contribution in [3.8, 4) is 5.75 Å². The molecule has 2 rings (SSSR count). The van der Waals surface area contributed by atoms with Crippen molar-refractivity contribution in [1.29, 1.82) is 0 Å². The first-order valence-corrected chi connectivity index (χ1v) is 7.18. The van der Waals surface area contributed by atoms with Crippen LogP contribution in [0.1, 0.15) is 17.8 Å². The summed E-state index contributed by atoms with van der Waals surface area (Å²) in [6.45, 7) is 1.81. The lowest BCUT2D eigenvalue weighted by molar-refractivity contribution is -0.274. The summed E-state index contributed by atoms with van der Waals surface area (Å²) in [5, 5.41) is 7.06. The second-order valence-electron chi connectivity index (χ2n) is 4.41. The van der Waals surface area contributed by atoms with E-state index in [0.29, 0.717) is 0 Å². The third-order valence-corrected chi connectivity index (χ3v) is 3.70. The smallest absolute Gasteiger partial charge is 0.406 e. The predicted octanol–water partition coefficient (Wildman–Crippen LogP) is 4.53. The second-order valence-corrected chi connectivity index (χ2v) is 5.39. The van der Waals surface area contributed by atoms with Gasteiger partial charge in [0.15, 0.2) is 0 Å². The van der Waals surface area contributed by atoms with Crippen molar-refractivity contribution in [2.75, 3.05) is 5.32 Å². The van der Waals surface area contributed by atoms with Gasteiger partial charge in [-0.25, -0.2) is 4.79 Å². The number of alkyl halides is 3. The molecule has 0 radical (unpaired) electrons. The lowest BCUT2D eigenvalue weighted by Gasteiger charge is -2.14. The highest BCUT2D eigenvalue weighted by atomic mass is 32.1. The zero-order valence-electron chi connectivity index (χ0n) is 11.5. The van der Waals surface area contributed by atoms with E-state index in [1.807, 2.05) is 24.4 Å². The third-order valence-electron chi connectivity index (χ3n) is 2.64. The van der Waals surface area contributed by atoms with Crippen molar-refractivity contribution in [2.45, 2.75) is 19.3 Å². The minimum absolute atomic E-state index is 0.199. The molecule has 0 spiro atoms. The van der Waals surface area contributed by atoms with E-state index < -0.39 is 18.1 Å².